The number of rotatable bonds is 13. The second-order valence-electron chi connectivity index (χ2n) is 19.5. The molecule has 5 aliphatic rings. The molecule has 1 aromatic carbocycles. The summed E-state index contributed by atoms with van der Waals surface area (Å²) in [5.41, 5.74) is 5.40. The average molecular weight is 817 g/mol. The van der Waals surface area contributed by atoms with Gasteiger partial charge in [0.05, 0.1) is 24.0 Å². The van der Waals surface area contributed by atoms with E-state index in [4.69, 9.17) is 19.9 Å². The fourth-order valence-electron chi connectivity index (χ4n) is 12.8. The summed E-state index contributed by atoms with van der Waals surface area (Å²) < 4.78 is 59.8. The zero-order chi connectivity index (χ0) is 41.9. The maximum atomic E-state index is 13.7. The van der Waals surface area contributed by atoms with Crippen LogP contribution in [0.3, 0.4) is 0 Å². The molecule has 1 aliphatic heterocycles. The number of carboxylic acids is 1. The van der Waals surface area contributed by atoms with Crippen LogP contribution < -0.4 is 10.5 Å². The summed E-state index contributed by atoms with van der Waals surface area (Å²) in [6.07, 6.45) is 6.44. The number of sulfonamides is 1. The highest BCUT2D eigenvalue weighted by Gasteiger charge is 2.72. The zero-order valence-electron chi connectivity index (χ0n) is 35.1. The highest BCUT2D eigenvalue weighted by atomic mass is 32.2. The lowest BCUT2D eigenvalue weighted by Crippen LogP contribution is -2.70. The van der Waals surface area contributed by atoms with Crippen LogP contribution in [0.5, 0.6) is 0 Å². The second kappa shape index (κ2) is 15.6. The summed E-state index contributed by atoms with van der Waals surface area (Å²) in [6, 6.07) is 3.58. The first-order chi connectivity index (χ1) is 26.6. The Labute approximate surface area is 338 Å². The third-order valence-corrected chi connectivity index (χ3v) is 17.8. The molecule has 2 bridgehead atoms. The molecule has 13 heteroatoms. The smallest absolute Gasteiger partial charge is 0.323 e. The van der Waals surface area contributed by atoms with Gasteiger partial charge in [-0.3, -0.25) is 14.4 Å². The first-order valence-corrected chi connectivity index (χ1v) is 22.5. The van der Waals surface area contributed by atoms with Gasteiger partial charge in [-0.1, -0.05) is 66.5 Å². The number of ether oxygens (including phenoxy) is 3. The van der Waals surface area contributed by atoms with Crippen LogP contribution in [-0.4, -0.2) is 69.4 Å². The quantitative estimate of drug-likeness (QED) is 0.107. The molecule has 57 heavy (non-hydrogen) atoms. The number of nitrogens with one attached hydrogen (secondary N) is 1. The van der Waals surface area contributed by atoms with Crippen LogP contribution in [0.4, 0.5) is 4.39 Å². The van der Waals surface area contributed by atoms with Crippen molar-refractivity contribution in [1.29, 1.82) is 0 Å². The highest BCUT2D eigenvalue weighted by molar-refractivity contribution is 7.89. The number of carbonyl (C=O) groups excluding carboxylic acids is 2. The summed E-state index contributed by atoms with van der Waals surface area (Å²) >= 11 is 0. The number of nitrogens with two attached hydrogens (primary N) is 1. The molecule has 11 nitrogen and oxygen atoms in total. The first-order valence-electron chi connectivity index (χ1n) is 21.0. The molecule has 4 N–H and O–H groups in total. The van der Waals surface area contributed by atoms with Crippen molar-refractivity contribution < 1.29 is 46.5 Å². The van der Waals surface area contributed by atoms with Crippen LogP contribution in [0.2, 0.25) is 0 Å². The number of benzene rings is 1. The van der Waals surface area contributed by atoms with Crippen molar-refractivity contribution in [3.8, 4) is 0 Å². The number of allylic oxidation sites excluding steroid dienone is 1. The van der Waals surface area contributed by atoms with Crippen molar-refractivity contribution in [1.82, 2.24) is 4.72 Å². The Morgan fingerprint density at radius 3 is 2.32 bits per heavy atom. The fourth-order valence-corrected chi connectivity index (χ4v) is 13.9. The van der Waals surface area contributed by atoms with Crippen LogP contribution in [0, 0.1) is 62.5 Å². The Balaban J connectivity index is 1.21. The standard InChI is InChI=1S/C44H65FN2O9S/c1-26(2)27(3)40(5)20-21-42(7)31-16-17-35-41(6)24-54-25-44(35,32(31)18-19-43(42,8)36(40)38(49)50)23-34(55-28(4)48)37(41)56-39(51)33(46)11-9-10-22-47-57(52,53)30-14-12-29(45)13-15-30/h12-15,18,26-27,31,33-37,47H,9-11,16-17,19-25,46H2,1-8H3,(H,49,50)/t27-,31+,33?,34-,35+,36-,37+,40-,41+,42-,43+,44+/m1/s1. The van der Waals surface area contributed by atoms with Crippen LogP contribution >= 0.6 is 0 Å². The van der Waals surface area contributed by atoms with E-state index in [0.717, 1.165) is 37.8 Å². The van der Waals surface area contributed by atoms with Crippen molar-refractivity contribution in [2.45, 2.75) is 136 Å². The van der Waals surface area contributed by atoms with E-state index in [2.05, 4.69) is 59.3 Å². The van der Waals surface area contributed by atoms with Crippen LogP contribution in [0.1, 0.15) is 113 Å². The lowest BCUT2D eigenvalue weighted by molar-refractivity contribution is -0.263. The van der Waals surface area contributed by atoms with Crippen molar-refractivity contribution in [2.24, 2.45) is 62.4 Å². The zero-order valence-corrected chi connectivity index (χ0v) is 35.9. The SMILES string of the molecule is CC(=O)O[C@@H]1C[C@@]23COC[C@@](C)([C@@H]2CC[C@H]2C3=CC[C@@]3(C)[C@H](C(=O)O)[C@@](C)([C@H](C)C(C)C)CC[C@]23C)[C@H]1OC(=O)C(N)CCCCNS(=O)(=O)c1ccc(F)cc1. The molecule has 4 aliphatic carbocycles. The van der Waals surface area contributed by atoms with Crippen LogP contribution in [0.15, 0.2) is 40.8 Å². The van der Waals surface area contributed by atoms with Gasteiger partial charge in [-0.05, 0) is 116 Å². The summed E-state index contributed by atoms with van der Waals surface area (Å²) in [5, 5.41) is 11.0. The first kappa shape index (κ1) is 43.7. The molecule has 4 fully saturated rings. The van der Waals surface area contributed by atoms with E-state index in [0.29, 0.717) is 44.8 Å². The molecule has 0 radical (unpaired) electrons. The third-order valence-electron chi connectivity index (χ3n) is 16.3. The number of carboxylic acid groups (broad SMARTS) is 1. The summed E-state index contributed by atoms with van der Waals surface area (Å²) in [7, 11) is -3.81. The van der Waals surface area contributed by atoms with Gasteiger partial charge >= 0.3 is 17.9 Å². The number of hydrogen-bond acceptors (Lipinski definition) is 9. The molecule has 1 heterocycles. The number of carbonyl (C=O) groups is 3. The molecule has 0 aromatic heterocycles. The van der Waals surface area contributed by atoms with E-state index in [-0.39, 0.29) is 46.4 Å². The number of aliphatic carboxylic acids is 1. The maximum Gasteiger partial charge on any atom is 0.323 e. The Morgan fingerprint density at radius 1 is 1.00 bits per heavy atom. The van der Waals surface area contributed by atoms with Gasteiger partial charge in [0.1, 0.15) is 24.1 Å². The van der Waals surface area contributed by atoms with Gasteiger partial charge in [0, 0.05) is 24.3 Å². The van der Waals surface area contributed by atoms with Crippen LogP contribution in [-0.2, 0) is 38.6 Å². The maximum absolute atomic E-state index is 13.7. The van der Waals surface area contributed by atoms with E-state index in [9.17, 15) is 32.3 Å². The van der Waals surface area contributed by atoms with Crippen LogP contribution in [0.25, 0.3) is 0 Å². The van der Waals surface area contributed by atoms with Gasteiger partial charge in [-0.15, -0.1) is 0 Å². The topological polar surface area (TPSA) is 171 Å². The van der Waals surface area contributed by atoms with E-state index in [1.165, 1.54) is 24.6 Å². The summed E-state index contributed by atoms with van der Waals surface area (Å²) in [4.78, 5) is 39.8. The number of halogens is 1. The van der Waals surface area contributed by atoms with Gasteiger partial charge < -0.3 is 25.1 Å². The largest absolute Gasteiger partial charge is 0.481 e. The van der Waals surface area contributed by atoms with Crippen molar-refractivity contribution in [3.63, 3.8) is 0 Å². The van der Waals surface area contributed by atoms with E-state index in [1.54, 1.807) is 0 Å². The summed E-state index contributed by atoms with van der Waals surface area (Å²) in [5.74, 6) is -2.05. The van der Waals surface area contributed by atoms with Gasteiger partial charge in [0.2, 0.25) is 10.0 Å². The molecule has 0 spiro atoms. The fraction of sp³-hybridized carbons (Fsp3) is 0.750. The number of unbranched alkanes of at least 4 members (excludes halogenated alkanes) is 1. The number of fused-ring (bicyclic) bond motifs is 3. The molecule has 6 rings (SSSR count). The minimum atomic E-state index is -3.81. The van der Waals surface area contributed by atoms with E-state index in [1.807, 2.05) is 0 Å². The monoisotopic (exact) mass is 816 g/mol. The molecular formula is C44H65FN2O9S. The molecule has 12 atom stereocenters. The van der Waals surface area contributed by atoms with Crippen molar-refractivity contribution in [2.75, 3.05) is 19.8 Å². The minimum Gasteiger partial charge on any atom is -0.481 e. The van der Waals surface area contributed by atoms with Crippen molar-refractivity contribution >= 4 is 27.9 Å². The van der Waals surface area contributed by atoms with Gasteiger partial charge in [0.25, 0.3) is 0 Å². The molecular weight excluding hydrogens is 752 g/mol. The third kappa shape index (κ3) is 7.28. The Kier molecular flexibility index (Phi) is 12.0. The predicted molar refractivity (Wildman–Crippen MR) is 212 cm³/mol. The lowest BCUT2D eigenvalue weighted by Gasteiger charge is -2.71. The molecule has 1 saturated heterocycles. The highest BCUT2D eigenvalue weighted by Crippen LogP contribution is 2.75. The Bertz CT molecular complexity index is 1850. The van der Waals surface area contributed by atoms with Gasteiger partial charge in [-0.25, -0.2) is 17.5 Å². The van der Waals surface area contributed by atoms with E-state index < -0.39 is 74.2 Å². The lowest BCUT2D eigenvalue weighted by atomic mass is 9.34. The summed E-state index contributed by atoms with van der Waals surface area (Å²) in [6.45, 7) is 17.7. The molecule has 0 amide bonds. The normalized spacial score (nSPS) is 38.4. The van der Waals surface area contributed by atoms with E-state index >= 15 is 0 Å². The Morgan fingerprint density at radius 2 is 1.68 bits per heavy atom. The van der Waals surface area contributed by atoms with Crippen molar-refractivity contribution in [3.05, 3.63) is 41.7 Å². The molecule has 3 saturated carbocycles. The number of esters is 2. The molecule has 318 valence electrons. The minimum absolute atomic E-state index is 0.0377. The predicted octanol–water partition coefficient (Wildman–Crippen LogP) is 7.03. The second-order valence-corrected chi connectivity index (χ2v) is 21.3. The van der Waals surface area contributed by atoms with Gasteiger partial charge in [0.15, 0.2) is 0 Å². The molecule has 1 unspecified atom stereocenters. The van der Waals surface area contributed by atoms with Gasteiger partial charge in [-0.2, -0.15) is 0 Å². The molecule has 1 aromatic rings. The average Bonchev–Trinajstić information content (AvgIpc) is 3.12. The number of hydrogen-bond donors (Lipinski definition) is 3. The Hall–Kier alpha value is -2.87.